The Labute approximate surface area is 159 Å². The highest BCUT2D eigenvalue weighted by molar-refractivity contribution is 5.91. The third-order valence-corrected chi connectivity index (χ3v) is 3.99. The summed E-state index contributed by atoms with van der Waals surface area (Å²) in [6.07, 6.45) is 0.889. The number of benzene rings is 2. The maximum atomic E-state index is 12.1. The van der Waals surface area contributed by atoms with Gasteiger partial charge in [0.25, 0.3) is 0 Å². The first-order chi connectivity index (χ1) is 13.0. The first-order valence-corrected chi connectivity index (χ1v) is 8.98. The SMILES string of the molecule is CCOc1ccc(OCCCC(=O)Nc2cccc(C(C)C(=O)O)c2)cc1. The van der Waals surface area contributed by atoms with Crippen molar-refractivity contribution in [2.24, 2.45) is 0 Å². The van der Waals surface area contributed by atoms with Gasteiger partial charge in [-0.3, -0.25) is 9.59 Å². The molecule has 0 fully saturated rings. The van der Waals surface area contributed by atoms with Crippen LogP contribution in [0, 0.1) is 0 Å². The van der Waals surface area contributed by atoms with Gasteiger partial charge in [0, 0.05) is 12.1 Å². The minimum atomic E-state index is -0.898. The molecule has 0 saturated carbocycles. The average molecular weight is 371 g/mol. The molecule has 0 aliphatic heterocycles. The van der Waals surface area contributed by atoms with Gasteiger partial charge in [-0.1, -0.05) is 12.1 Å². The van der Waals surface area contributed by atoms with Crippen molar-refractivity contribution >= 4 is 17.6 Å². The number of carboxylic acid groups (broad SMARTS) is 1. The lowest BCUT2D eigenvalue weighted by molar-refractivity contribution is -0.138. The van der Waals surface area contributed by atoms with Gasteiger partial charge in [-0.15, -0.1) is 0 Å². The lowest BCUT2D eigenvalue weighted by Crippen LogP contribution is -2.13. The lowest BCUT2D eigenvalue weighted by Gasteiger charge is -2.10. The van der Waals surface area contributed by atoms with Crippen LogP contribution in [0.15, 0.2) is 48.5 Å². The van der Waals surface area contributed by atoms with Crippen LogP contribution < -0.4 is 14.8 Å². The van der Waals surface area contributed by atoms with Crippen molar-refractivity contribution in [1.82, 2.24) is 0 Å². The third kappa shape index (κ3) is 6.66. The summed E-state index contributed by atoms with van der Waals surface area (Å²) in [6, 6.07) is 14.3. The van der Waals surface area contributed by atoms with Gasteiger partial charge in [0.05, 0.1) is 19.1 Å². The first-order valence-electron chi connectivity index (χ1n) is 8.98. The first kappa shape index (κ1) is 20.3. The highest BCUT2D eigenvalue weighted by Crippen LogP contribution is 2.20. The summed E-state index contributed by atoms with van der Waals surface area (Å²) >= 11 is 0. The van der Waals surface area contributed by atoms with Crippen LogP contribution in [0.2, 0.25) is 0 Å². The Hall–Kier alpha value is -3.02. The molecule has 2 N–H and O–H groups in total. The van der Waals surface area contributed by atoms with Crippen LogP contribution in [-0.4, -0.2) is 30.2 Å². The number of hydrogen-bond acceptors (Lipinski definition) is 4. The van der Waals surface area contributed by atoms with Gasteiger partial charge in [0.15, 0.2) is 0 Å². The summed E-state index contributed by atoms with van der Waals surface area (Å²) in [5.41, 5.74) is 1.25. The molecule has 0 bridgehead atoms. The maximum Gasteiger partial charge on any atom is 0.310 e. The molecule has 2 aromatic rings. The molecule has 1 unspecified atom stereocenters. The van der Waals surface area contributed by atoms with E-state index in [1.807, 2.05) is 31.2 Å². The third-order valence-electron chi connectivity index (χ3n) is 3.99. The zero-order chi connectivity index (χ0) is 19.6. The number of aliphatic carboxylic acids is 1. The van der Waals surface area contributed by atoms with Crippen LogP contribution in [0.25, 0.3) is 0 Å². The highest BCUT2D eigenvalue weighted by Gasteiger charge is 2.14. The summed E-state index contributed by atoms with van der Waals surface area (Å²) in [7, 11) is 0. The summed E-state index contributed by atoms with van der Waals surface area (Å²) in [4.78, 5) is 23.1. The molecular formula is C21H25NO5. The summed E-state index contributed by atoms with van der Waals surface area (Å²) in [5.74, 6) is -0.127. The van der Waals surface area contributed by atoms with E-state index in [4.69, 9.17) is 14.6 Å². The summed E-state index contributed by atoms with van der Waals surface area (Å²) in [5, 5.41) is 11.9. The zero-order valence-corrected chi connectivity index (χ0v) is 15.6. The highest BCUT2D eigenvalue weighted by atomic mass is 16.5. The molecule has 0 radical (unpaired) electrons. The molecule has 1 atom stereocenters. The monoisotopic (exact) mass is 371 g/mol. The van der Waals surface area contributed by atoms with Crippen LogP contribution in [0.4, 0.5) is 5.69 Å². The smallest absolute Gasteiger partial charge is 0.310 e. The van der Waals surface area contributed by atoms with Gasteiger partial charge in [-0.05, 0) is 62.2 Å². The topological polar surface area (TPSA) is 84.9 Å². The van der Waals surface area contributed by atoms with Gasteiger partial charge >= 0.3 is 5.97 Å². The molecule has 144 valence electrons. The number of amides is 1. The van der Waals surface area contributed by atoms with E-state index in [1.54, 1.807) is 31.2 Å². The number of anilines is 1. The van der Waals surface area contributed by atoms with E-state index in [2.05, 4.69) is 5.32 Å². The van der Waals surface area contributed by atoms with Crippen molar-refractivity contribution in [2.75, 3.05) is 18.5 Å². The fraction of sp³-hybridized carbons (Fsp3) is 0.333. The van der Waals surface area contributed by atoms with Crippen molar-refractivity contribution in [3.05, 3.63) is 54.1 Å². The molecule has 2 aromatic carbocycles. The second-order valence-corrected chi connectivity index (χ2v) is 6.09. The molecule has 2 rings (SSSR count). The minimum absolute atomic E-state index is 0.134. The van der Waals surface area contributed by atoms with Crippen LogP contribution in [0.1, 0.15) is 38.2 Å². The summed E-state index contributed by atoms with van der Waals surface area (Å²) < 4.78 is 11.0. The number of nitrogens with one attached hydrogen (secondary N) is 1. The molecule has 0 spiro atoms. The van der Waals surface area contributed by atoms with Crippen LogP contribution >= 0.6 is 0 Å². The molecule has 0 saturated heterocycles. The van der Waals surface area contributed by atoms with Crippen molar-refractivity contribution in [3.63, 3.8) is 0 Å². The molecule has 1 amide bonds. The number of ether oxygens (including phenoxy) is 2. The zero-order valence-electron chi connectivity index (χ0n) is 15.6. The van der Waals surface area contributed by atoms with E-state index in [1.165, 1.54) is 0 Å². The van der Waals surface area contributed by atoms with Gasteiger partial charge in [0.1, 0.15) is 11.5 Å². The van der Waals surface area contributed by atoms with Crippen molar-refractivity contribution in [1.29, 1.82) is 0 Å². The van der Waals surface area contributed by atoms with E-state index in [-0.39, 0.29) is 5.91 Å². The minimum Gasteiger partial charge on any atom is -0.494 e. The molecule has 27 heavy (non-hydrogen) atoms. The number of carboxylic acids is 1. The second kappa shape index (κ2) is 10.2. The largest absolute Gasteiger partial charge is 0.494 e. The molecule has 6 heteroatoms. The van der Waals surface area contributed by atoms with Gasteiger partial charge in [-0.2, -0.15) is 0 Å². The lowest BCUT2D eigenvalue weighted by atomic mass is 10.0. The second-order valence-electron chi connectivity index (χ2n) is 6.09. The van der Waals surface area contributed by atoms with Crippen molar-refractivity contribution in [3.8, 4) is 11.5 Å². The van der Waals surface area contributed by atoms with Gasteiger partial charge < -0.3 is 19.9 Å². The van der Waals surface area contributed by atoms with Crippen molar-refractivity contribution < 1.29 is 24.2 Å². The number of hydrogen-bond donors (Lipinski definition) is 2. The van der Waals surface area contributed by atoms with E-state index in [0.29, 0.717) is 37.3 Å². The van der Waals surface area contributed by atoms with E-state index in [0.717, 1.165) is 11.5 Å². The van der Waals surface area contributed by atoms with Crippen LogP contribution in [0.5, 0.6) is 11.5 Å². The fourth-order valence-corrected chi connectivity index (χ4v) is 2.47. The quantitative estimate of drug-likeness (QED) is 0.615. The Morgan fingerprint density at radius 3 is 2.37 bits per heavy atom. The standard InChI is InChI=1S/C21H25NO5/c1-3-26-18-9-11-19(12-10-18)27-13-5-8-20(23)22-17-7-4-6-16(14-17)15(2)21(24)25/h4,6-7,9-12,14-15H,3,5,8,13H2,1-2H3,(H,22,23)(H,24,25). The van der Waals surface area contributed by atoms with E-state index >= 15 is 0 Å². The Morgan fingerprint density at radius 1 is 1.07 bits per heavy atom. The van der Waals surface area contributed by atoms with Crippen molar-refractivity contribution in [2.45, 2.75) is 32.6 Å². The Balaban J connectivity index is 1.74. The number of carbonyl (C=O) groups excluding carboxylic acids is 1. The van der Waals surface area contributed by atoms with E-state index < -0.39 is 11.9 Å². The Bertz CT molecular complexity index is 757. The predicted molar refractivity (Wildman–Crippen MR) is 103 cm³/mol. The molecule has 0 aliphatic rings. The average Bonchev–Trinajstić information content (AvgIpc) is 2.66. The van der Waals surface area contributed by atoms with Crippen LogP contribution in [-0.2, 0) is 9.59 Å². The Morgan fingerprint density at radius 2 is 1.74 bits per heavy atom. The molecule has 6 nitrogen and oxygen atoms in total. The van der Waals surface area contributed by atoms with E-state index in [9.17, 15) is 9.59 Å². The number of rotatable bonds is 10. The molecule has 0 heterocycles. The summed E-state index contributed by atoms with van der Waals surface area (Å²) in [6.45, 7) is 4.59. The van der Waals surface area contributed by atoms with Gasteiger partial charge in [0.2, 0.25) is 5.91 Å². The molecule has 0 aromatic heterocycles. The molecule has 0 aliphatic carbocycles. The normalized spacial score (nSPS) is 11.5. The fourth-order valence-electron chi connectivity index (χ4n) is 2.47. The molecular weight excluding hydrogens is 346 g/mol. The number of carbonyl (C=O) groups is 2. The predicted octanol–water partition coefficient (Wildman–Crippen LogP) is 4.07. The Kier molecular flexibility index (Phi) is 7.67. The maximum absolute atomic E-state index is 12.1. The van der Waals surface area contributed by atoms with Crippen LogP contribution in [0.3, 0.4) is 0 Å². The van der Waals surface area contributed by atoms with Gasteiger partial charge in [-0.25, -0.2) is 0 Å².